The van der Waals surface area contributed by atoms with Gasteiger partial charge in [-0.2, -0.15) is 0 Å². The van der Waals surface area contributed by atoms with Gasteiger partial charge >= 0.3 is 0 Å². The molecule has 2 heterocycles. The highest BCUT2D eigenvalue weighted by Gasteiger charge is 2.21. The second-order valence-electron chi connectivity index (χ2n) is 5.77. The summed E-state index contributed by atoms with van der Waals surface area (Å²) >= 11 is 1.85. The molecule has 0 saturated carbocycles. The summed E-state index contributed by atoms with van der Waals surface area (Å²) in [6, 6.07) is 9.61. The van der Waals surface area contributed by atoms with Crippen LogP contribution in [0.5, 0.6) is 0 Å². The van der Waals surface area contributed by atoms with Crippen LogP contribution in [0.2, 0.25) is 0 Å². The van der Waals surface area contributed by atoms with Crippen molar-refractivity contribution in [1.82, 2.24) is 10.2 Å². The number of thiophene rings is 1. The number of amides is 1. The molecule has 0 fully saturated rings. The molecule has 0 spiro atoms. The van der Waals surface area contributed by atoms with E-state index in [9.17, 15) is 4.79 Å². The van der Waals surface area contributed by atoms with Crippen molar-refractivity contribution in [3.63, 3.8) is 0 Å². The zero-order valence-corrected chi connectivity index (χ0v) is 13.5. The molecule has 1 aromatic carbocycles. The fourth-order valence-electron chi connectivity index (χ4n) is 2.80. The number of carbonyl (C=O) groups excluding carboxylic acids is 1. The molecule has 0 radical (unpaired) electrons. The molecule has 116 valence electrons. The summed E-state index contributed by atoms with van der Waals surface area (Å²) in [5.41, 5.74) is 8.38. The van der Waals surface area contributed by atoms with Crippen molar-refractivity contribution in [1.29, 1.82) is 0 Å². The van der Waals surface area contributed by atoms with Crippen LogP contribution < -0.4 is 11.1 Å². The average molecular weight is 315 g/mol. The molecular weight excluding hydrogens is 294 g/mol. The lowest BCUT2D eigenvalue weighted by Gasteiger charge is -2.32. The van der Waals surface area contributed by atoms with Crippen LogP contribution in [0.25, 0.3) is 0 Å². The molecule has 0 aliphatic carbocycles. The molecule has 3 N–H and O–H groups in total. The van der Waals surface area contributed by atoms with Gasteiger partial charge in [0.25, 0.3) is 5.91 Å². The third-order valence-corrected chi connectivity index (χ3v) is 5.19. The lowest BCUT2D eigenvalue weighted by Crippen LogP contribution is -2.44. The molecule has 1 unspecified atom stereocenters. The summed E-state index contributed by atoms with van der Waals surface area (Å²) in [5, 5.41) is 5.17. The van der Waals surface area contributed by atoms with Gasteiger partial charge in [-0.25, -0.2) is 0 Å². The molecule has 1 aliphatic rings. The Bertz CT molecular complexity index is 667. The van der Waals surface area contributed by atoms with Crippen LogP contribution in [0.4, 0.5) is 5.69 Å². The molecule has 4 nitrogen and oxygen atoms in total. The first kappa shape index (κ1) is 15.1. The lowest BCUT2D eigenvalue weighted by molar-refractivity contribution is 0.0933. The van der Waals surface area contributed by atoms with Crippen molar-refractivity contribution in [3.8, 4) is 0 Å². The Morgan fingerprint density at radius 2 is 2.32 bits per heavy atom. The van der Waals surface area contributed by atoms with Crippen LogP contribution in [0.3, 0.4) is 0 Å². The maximum absolute atomic E-state index is 12.2. The minimum Gasteiger partial charge on any atom is -0.399 e. The van der Waals surface area contributed by atoms with E-state index in [0.717, 1.165) is 19.5 Å². The minimum absolute atomic E-state index is 0.0626. The first-order valence-corrected chi connectivity index (χ1v) is 8.44. The number of fused-ring (bicyclic) bond motifs is 1. The van der Waals surface area contributed by atoms with Gasteiger partial charge in [0, 0.05) is 41.8 Å². The fourth-order valence-corrected chi connectivity index (χ4v) is 3.69. The van der Waals surface area contributed by atoms with E-state index >= 15 is 0 Å². The lowest BCUT2D eigenvalue weighted by atomic mass is 10.1. The van der Waals surface area contributed by atoms with Crippen LogP contribution in [-0.2, 0) is 13.0 Å². The summed E-state index contributed by atoms with van der Waals surface area (Å²) in [6.45, 7) is 4.85. The number of carbonyl (C=O) groups is 1. The monoisotopic (exact) mass is 315 g/mol. The zero-order valence-electron chi connectivity index (χ0n) is 12.7. The van der Waals surface area contributed by atoms with Gasteiger partial charge in [0.2, 0.25) is 0 Å². The SMILES string of the molecule is CC(CNC(=O)c1cccc(N)c1)N1CCc2sccc2C1. The van der Waals surface area contributed by atoms with E-state index in [-0.39, 0.29) is 5.91 Å². The largest absolute Gasteiger partial charge is 0.399 e. The smallest absolute Gasteiger partial charge is 0.251 e. The first-order valence-electron chi connectivity index (χ1n) is 7.56. The van der Waals surface area contributed by atoms with Crippen molar-refractivity contribution < 1.29 is 4.79 Å². The summed E-state index contributed by atoms with van der Waals surface area (Å²) in [4.78, 5) is 16.1. The Kier molecular flexibility index (Phi) is 4.45. The van der Waals surface area contributed by atoms with Gasteiger partial charge in [0.05, 0.1) is 0 Å². The van der Waals surface area contributed by atoms with Crippen molar-refractivity contribution in [2.45, 2.75) is 25.9 Å². The summed E-state index contributed by atoms with van der Waals surface area (Å²) < 4.78 is 0. The topological polar surface area (TPSA) is 58.4 Å². The van der Waals surface area contributed by atoms with Gasteiger partial charge in [-0.05, 0) is 48.6 Å². The van der Waals surface area contributed by atoms with Crippen LogP contribution in [0.15, 0.2) is 35.7 Å². The Hall–Kier alpha value is -1.85. The Balaban J connectivity index is 1.54. The van der Waals surface area contributed by atoms with Gasteiger partial charge in [0.15, 0.2) is 0 Å². The number of nitrogens with zero attached hydrogens (tertiary/aromatic N) is 1. The molecular formula is C17H21N3OS. The number of nitrogens with one attached hydrogen (secondary N) is 1. The van der Waals surface area contributed by atoms with E-state index in [1.165, 1.54) is 10.4 Å². The van der Waals surface area contributed by atoms with Crippen molar-refractivity contribution in [3.05, 3.63) is 51.7 Å². The molecule has 1 atom stereocenters. The van der Waals surface area contributed by atoms with Gasteiger partial charge in [0.1, 0.15) is 0 Å². The van der Waals surface area contributed by atoms with Crippen molar-refractivity contribution in [2.75, 3.05) is 18.8 Å². The van der Waals surface area contributed by atoms with Gasteiger partial charge in [-0.1, -0.05) is 6.07 Å². The Morgan fingerprint density at radius 1 is 1.45 bits per heavy atom. The van der Waals surface area contributed by atoms with E-state index < -0.39 is 0 Å². The highest BCUT2D eigenvalue weighted by atomic mass is 32.1. The number of hydrogen-bond acceptors (Lipinski definition) is 4. The number of anilines is 1. The van der Waals surface area contributed by atoms with Crippen LogP contribution in [-0.4, -0.2) is 29.9 Å². The molecule has 1 amide bonds. The van der Waals surface area contributed by atoms with Crippen LogP contribution in [0, 0.1) is 0 Å². The quantitative estimate of drug-likeness (QED) is 0.852. The van der Waals surface area contributed by atoms with Gasteiger partial charge in [-0.3, -0.25) is 9.69 Å². The number of rotatable bonds is 4. The average Bonchev–Trinajstić information content (AvgIpc) is 2.99. The molecule has 1 aliphatic heterocycles. The third-order valence-electron chi connectivity index (χ3n) is 4.17. The number of nitrogen functional groups attached to an aromatic ring is 1. The van der Waals surface area contributed by atoms with Crippen LogP contribution in [0.1, 0.15) is 27.7 Å². The van der Waals surface area contributed by atoms with E-state index in [1.54, 1.807) is 24.3 Å². The molecule has 3 rings (SSSR count). The van der Waals surface area contributed by atoms with E-state index in [1.807, 2.05) is 11.3 Å². The minimum atomic E-state index is -0.0626. The standard InChI is InChI=1S/C17H21N3OS/c1-12(20-7-5-16-14(11-20)6-8-22-16)10-19-17(21)13-3-2-4-15(18)9-13/h2-4,6,8-9,12H,5,7,10-11,18H2,1H3,(H,19,21). The van der Waals surface area contributed by atoms with Gasteiger partial charge < -0.3 is 11.1 Å². The second-order valence-corrected chi connectivity index (χ2v) is 6.77. The Morgan fingerprint density at radius 3 is 3.14 bits per heavy atom. The summed E-state index contributed by atoms with van der Waals surface area (Å²) in [7, 11) is 0. The first-order chi connectivity index (χ1) is 10.6. The maximum Gasteiger partial charge on any atom is 0.251 e. The molecule has 0 bridgehead atoms. The van der Waals surface area contributed by atoms with Crippen LogP contribution >= 0.6 is 11.3 Å². The summed E-state index contributed by atoms with van der Waals surface area (Å²) in [6.07, 6.45) is 1.11. The second kappa shape index (κ2) is 6.50. The fraction of sp³-hybridized carbons (Fsp3) is 0.353. The normalized spacial score (nSPS) is 16.0. The molecule has 0 saturated heterocycles. The highest BCUT2D eigenvalue weighted by Crippen LogP contribution is 2.24. The molecule has 5 heteroatoms. The zero-order chi connectivity index (χ0) is 15.5. The predicted octanol–water partition coefficient (Wildman–Crippen LogP) is 2.51. The van der Waals surface area contributed by atoms with E-state index in [2.05, 4.69) is 28.6 Å². The summed E-state index contributed by atoms with van der Waals surface area (Å²) in [5.74, 6) is -0.0626. The molecule has 1 aromatic heterocycles. The number of benzene rings is 1. The van der Waals surface area contributed by atoms with Crippen molar-refractivity contribution in [2.24, 2.45) is 0 Å². The van der Waals surface area contributed by atoms with Gasteiger partial charge in [-0.15, -0.1) is 11.3 Å². The highest BCUT2D eigenvalue weighted by molar-refractivity contribution is 7.10. The third kappa shape index (κ3) is 3.31. The van der Waals surface area contributed by atoms with E-state index in [0.29, 0.717) is 23.8 Å². The van der Waals surface area contributed by atoms with Crippen molar-refractivity contribution >= 4 is 22.9 Å². The maximum atomic E-state index is 12.2. The molecule has 22 heavy (non-hydrogen) atoms. The predicted molar refractivity (Wildman–Crippen MR) is 91.1 cm³/mol. The number of nitrogens with two attached hydrogens (primary N) is 1. The molecule has 2 aromatic rings. The number of hydrogen-bond donors (Lipinski definition) is 2. The Labute approximate surface area is 134 Å². The van der Waals surface area contributed by atoms with E-state index in [4.69, 9.17) is 5.73 Å².